The average Bonchev–Trinajstić information content (AvgIpc) is 2.98. The van der Waals surface area contributed by atoms with E-state index >= 15 is 0 Å². The van der Waals surface area contributed by atoms with Crippen molar-refractivity contribution < 1.29 is 14.0 Å². The highest BCUT2D eigenvalue weighted by Gasteiger charge is 2.29. The van der Waals surface area contributed by atoms with E-state index in [9.17, 15) is 9.59 Å². The lowest BCUT2D eigenvalue weighted by molar-refractivity contribution is -0.133. The molecule has 0 N–H and O–H groups in total. The summed E-state index contributed by atoms with van der Waals surface area (Å²) in [5.41, 5.74) is 2.51. The van der Waals surface area contributed by atoms with Crippen LogP contribution in [0, 0.1) is 0 Å². The monoisotopic (exact) mass is 314 g/mol. The molecule has 5 nitrogen and oxygen atoms in total. The predicted octanol–water partition coefficient (Wildman–Crippen LogP) is 2.69. The smallest absolute Gasteiger partial charge is 0.257 e. The zero-order valence-electron chi connectivity index (χ0n) is 13.8. The van der Waals surface area contributed by atoms with E-state index in [0.29, 0.717) is 24.9 Å². The van der Waals surface area contributed by atoms with Gasteiger partial charge in [-0.3, -0.25) is 9.59 Å². The van der Waals surface area contributed by atoms with Gasteiger partial charge in [-0.05, 0) is 30.5 Å². The van der Waals surface area contributed by atoms with Crippen LogP contribution >= 0.6 is 0 Å². The molecule has 122 valence electrons. The Balaban J connectivity index is 1.86. The number of benzene rings is 1. The van der Waals surface area contributed by atoms with E-state index in [1.54, 1.807) is 30.2 Å². The lowest BCUT2D eigenvalue weighted by atomic mass is 10.0. The number of amides is 2. The first kappa shape index (κ1) is 15.6. The van der Waals surface area contributed by atoms with Gasteiger partial charge in [0.25, 0.3) is 5.91 Å². The summed E-state index contributed by atoms with van der Waals surface area (Å²) < 4.78 is 5.53. The van der Waals surface area contributed by atoms with Crippen molar-refractivity contribution in [2.45, 2.75) is 32.2 Å². The van der Waals surface area contributed by atoms with Gasteiger partial charge < -0.3 is 14.2 Å². The summed E-state index contributed by atoms with van der Waals surface area (Å²) in [7, 11) is 3.59. The Kier molecular flexibility index (Phi) is 4.11. The maximum Gasteiger partial charge on any atom is 0.257 e. The fraction of sp³-hybridized carbons (Fsp3) is 0.444. The van der Waals surface area contributed by atoms with Gasteiger partial charge in [-0.2, -0.15) is 0 Å². The highest BCUT2D eigenvalue weighted by Crippen LogP contribution is 2.25. The lowest BCUT2D eigenvalue weighted by Crippen LogP contribution is -2.49. The molecule has 0 bridgehead atoms. The highest BCUT2D eigenvalue weighted by atomic mass is 16.3. The molecular weight excluding hydrogens is 292 g/mol. The number of nitrogens with zero attached hydrogens (tertiary/aromatic N) is 2. The Hall–Kier alpha value is -2.30. The van der Waals surface area contributed by atoms with Crippen LogP contribution in [0.25, 0.3) is 11.0 Å². The number of likely N-dealkylation sites (N-methyl/N-ethyl adjacent to an activating group) is 2. The zero-order valence-corrected chi connectivity index (χ0v) is 13.8. The number of hydrogen-bond donors (Lipinski definition) is 0. The van der Waals surface area contributed by atoms with Gasteiger partial charge in [0.15, 0.2) is 0 Å². The summed E-state index contributed by atoms with van der Waals surface area (Å²) >= 11 is 0. The van der Waals surface area contributed by atoms with Crippen LogP contribution in [0.1, 0.15) is 35.7 Å². The van der Waals surface area contributed by atoms with Crippen LogP contribution in [0.15, 0.2) is 28.9 Å². The second-order valence-corrected chi connectivity index (χ2v) is 6.22. The summed E-state index contributed by atoms with van der Waals surface area (Å²) in [6.07, 6.45) is 3.66. The van der Waals surface area contributed by atoms with Gasteiger partial charge in [0.05, 0.1) is 5.56 Å². The Labute approximate surface area is 135 Å². The van der Waals surface area contributed by atoms with Crippen LogP contribution in [0.5, 0.6) is 0 Å². The van der Waals surface area contributed by atoms with Gasteiger partial charge in [0.2, 0.25) is 5.91 Å². The molecule has 0 aliphatic carbocycles. The predicted molar refractivity (Wildman–Crippen MR) is 88.3 cm³/mol. The largest absolute Gasteiger partial charge is 0.463 e. The van der Waals surface area contributed by atoms with Crippen LogP contribution in [0.3, 0.4) is 0 Å². The van der Waals surface area contributed by atoms with Gasteiger partial charge >= 0.3 is 0 Å². The van der Waals surface area contributed by atoms with E-state index in [1.165, 1.54) is 5.56 Å². The fourth-order valence-corrected chi connectivity index (χ4v) is 3.12. The molecule has 1 aromatic carbocycles. The first-order valence-corrected chi connectivity index (χ1v) is 8.02. The molecule has 3 rings (SSSR count). The molecule has 1 aromatic heterocycles. The molecule has 0 saturated carbocycles. The van der Waals surface area contributed by atoms with Crippen molar-refractivity contribution in [1.29, 1.82) is 0 Å². The SMILES string of the molecule is CCc1ccc2occ(C(=O)N(C)[C@H]3CCC(=O)N(C)C3)c2c1. The average molecular weight is 314 g/mol. The first-order valence-electron chi connectivity index (χ1n) is 8.02. The van der Waals surface area contributed by atoms with Crippen molar-refractivity contribution in [3.63, 3.8) is 0 Å². The molecule has 1 saturated heterocycles. The second-order valence-electron chi connectivity index (χ2n) is 6.22. The highest BCUT2D eigenvalue weighted by molar-refractivity contribution is 6.06. The van der Waals surface area contributed by atoms with Crippen LogP contribution in [-0.4, -0.2) is 48.3 Å². The van der Waals surface area contributed by atoms with Gasteiger partial charge in [0, 0.05) is 38.5 Å². The third-order valence-electron chi connectivity index (χ3n) is 4.75. The Morgan fingerprint density at radius 3 is 2.91 bits per heavy atom. The lowest BCUT2D eigenvalue weighted by Gasteiger charge is -2.35. The van der Waals surface area contributed by atoms with E-state index in [2.05, 4.69) is 6.92 Å². The Morgan fingerprint density at radius 2 is 2.22 bits per heavy atom. The number of furan rings is 1. The maximum atomic E-state index is 12.9. The number of rotatable bonds is 3. The van der Waals surface area contributed by atoms with Crippen LogP contribution < -0.4 is 0 Å². The number of piperidine rings is 1. The molecule has 1 atom stereocenters. The Bertz CT molecular complexity index is 750. The fourth-order valence-electron chi connectivity index (χ4n) is 3.12. The van der Waals surface area contributed by atoms with Crippen LogP contribution in [0.2, 0.25) is 0 Å². The minimum Gasteiger partial charge on any atom is -0.463 e. The van der Waals surface area contributed by atoms with E-state index in [1.807, 2.05) is 18.2 Å². The standard InChI is InChI=1S/C18H22N2O3/c1-4-12-5-7-16-14(9-12)15(11-23-16)18(22)20(3)13-6-8-17(21)19(2)10-13/h5,7,9,11,13H,4,6,8,10H2,1-3H3/t13-/m0/s1. The number of likely N-dealkylation sites (tertiary alicyclic amines) is 1. The van der Waals surface area contributed by atoms with E-state index in [4.69, 9.17) is 4.42 Å². The molecule has 0 radical (unpaired) electrons. The molecule has 5 heteroatoms. The van der Waals surface area contributed by atoms with Crippen molar-refractivity contribution in [2.75, 3.05) is 20.6 Å². The van der Waals surface area contributed by atoms with E-state index in [-0.39, 0.29) is 17.9 Å². The number of hydrogen-bond acceptors (Lipinski definition) is 3. The Morgan fingerprint density at radius 1 is 1.43 bits per heavy atom. The summed E-state index contributed by atoms with van der Waals surface area (Å²) in [6, 6.07) is 6.00. The van der Waals surface area contributed by atoms with Gasteiger partial charge in [0.1, 0.15) is 11.8 Å². The van der Waals surface area contributed by atoms with Crippen molar-refractivity contribution in [3.05, 3.63) is 35.6 Å². The topological polar surface area (TPSA) is 53.8 Å². The van der Waals surface area contributed by atoms with Crippen LogP contribution in [-0.2, 0) is 11.2 Å². The van der Waals surface area contributed by atoms with Crippen molar-refractivity contribution in [2.24, 2.45) is 0 Å². The normalized spacial score (nSPS) is 18.5. The van der Waals surface area contributed by atoms with Gasteiger partial charge in [-0.1, -0.05) is 13.0 Å². The summed E-state index contributed by atoms with van der Waals surface area (Å²) in [5.74, 6) is 0.0909. The molecule has 2 heterocycles. The molecule has 0 spiro atoms. The van der Waals surface area contributed by atoms with Crippen molar-refractivity contribution in [1.82, 2.24) is 9.80 Å². The third-order valence-corrected chi connectivity index (χ3v) is 4.75. The number of carbonyl (C=O) groups excluding carboxylic acids is 2. The number of fused-ring (bicyclic) bond motifs is 1. The quantitative estimate of drug-likeness (QED) is 0.875. The molecule has 1 aliphatic rings. The minimum atomic E-state index is -0.0512. The molecule has 23 heavy (non-hydrogen) atoms. The summed E-state index contributed by atoms with van der Waals surface area (Å²) in [4.78, 5) is 27.9. The molecular formula is C18H22N2O3. The van der Waals surface area contributed by atoms with Gasteiger partial charge in [-0.15, -0.1) is 0 Å². The van der Waals surface area contributed by atoms with Crippen molar-refractivity contribution >= 4 is 22.8 Å². The molecule has 2 aromatic rings. The molecule has 1 aliphatic heterocycles. The van der Waals surface area contributed by atoms with E-state index in [0.717, 1.165) is 17.4 Å². The van der Waals surface area contributed by atoms with Crippen molar-refractivity contribution in [3.8, 4) is 0 Å². The maximum absolute atomic E-state index is 12.9. The van der Waals surface area contributed by atoms with Crippen LogP contribution in [0.4, 0.5) is 0 Å². The third kappa shape index (κ3) is 2.83. The zero-order chi connectivity index (χ0) is 16.6. The minimum absolute atomic E-state index is 0.0458. The first-order chi connectivity index (χ1) is 11.0. The summed E-state index contributed by atoms with van der Waals surface area (Å²) in [6.45, 7) is 2.67. The molecule has 2 amide bonds. The molecule has 0 unspecified atom stereocenters. The molecule has 1 fully saturated rings. The number of aryl methyl sites for hydroxylation is 1. The summed E-state index contributed by atoms with van der Waals surface area (Å²) in [5, 5.41) is 0.862. The van der Waals surface area contributed by atoms with Gasteiger partial charge in [-0.25, -0.2) is 0 Å². The van der Waals surface area contributed by atoms with E-state index < -0.39 is 0 Å². The number of carbonyl (C=O) groups is 2. The second kappa shape index (κ2) is 6.07.